The van der Waals surface area contributed by atoms with Crippen LogP contribution >= 0.6 is 23.4 Å². The molecule has 1 heterocycles. The second-order valence-electron chi connectivity index (χ2n) is 9.73. The number of carbonyl (C=O) groups is 1. The monoisotopic (exact) mass is 455 g/mol. The lowest BCUT2D eigenvalue weighted by Gasteiger charge is -2.55. The maximum atomic E-state index is 13.5. The van der Waals surface area contributed by atoms with Gasteiger partial charge in [-0.25, -0.2) is 0 Å². The van der Waals surface area contributed by atoms with Gasteiger partial charge in [-0.05, 0) is 80.0 Å². The van der Waals surface area contributed by atoms with E-state index in [0.717, 1.165) is 58.9 Å². The first-order chi connectivity index (χ1) is 15.1. The van der Waals surface area contributed by atoms with Crippen LogP contribution in [0.25, 0.3) is 0 Å². The van der Waals surface area contributed by atoms with Crippen LogP contribution in [0, 0.1) is 23.2 Å². The van der Waals surface area contributed by atoms with E-state index in [-0.39, 0.29) is 18.1 Å². The lowest BCUT2D eigenvalue weighted by molar-refractivity contribution is -0.140. The number of para-hydroxylation sites is 1. The van der Waals surface area contributed by atoms with Gasteiger partial charge in [-0.15, -0.1) is 11.8 Å². The van der Waals surface area contributed by atoms with Crippen LogP contribution in [0.2, 0.25) is 5.02 Å². The topological polar surface area (TPSA) is 47.6 Å². The van der Waals surface area contributed by atoms with Crippen molar-refractivity contribution in [1.82, 2.24) is 0 Å². The van der Waals surface area contributed by atoms with E-state index in [2.05, 4.69) is 11.4 Å². The van der Waals surface area contributed by atoms with Gasteiger partial charge in [0, 0.05) is 21.7 Å². The quantitative estimate of drug-likeness (QED) is 0.521. The molecule has 2 aromatic rings. The van der Waals surface area contributed by atoms with Crippen molar-refractivity contribution in [2.75, 3.05) is 12.1 Å². The fraction of sp³-hybridized carbons (Fsp3) is 0.480. The maximum Gasteiger partial charge on any atom is 0.231 e. The Bertz CT molecular complexity index is 1000. The van der Waals surface area contributed by atoms with Gasteiger partial charge in [0.05, 0.1) is 11.1 Å². The molecule has 0 spiro atoms. The molecule has 0 atom stereocenters. The Balaban J connectivity index is 1.19. The summed E-state index contributed by atoms with van der Waals surface area (Å²) in [6.45, 7) is 0.238. The zero-order valence-electron chi connectivity index (χ0n) is 17.4. The molecule has 1 aliphatic heterocycles. The molecule has 5 aliphatic rings. The van der Waals surface area contributed by atoms with E-state index in [9.17, 15) is 4.79 Å². The van der Waals surface area contributed by atoms with Crippen molar-refractivity contribution in [3.05, 3.63) is 47.0 Å². The summed E-state index contributed by atoms with van der Waals surface area (Å²) < 4.78 is 10.9. The fourth-order valence-corrected chi connectivity index (χ4v) is 7.86. The van der Waals surface area contributed by atoms with Gasteiger partial charge in [-0.2, -0.15) is 0 Å². The van der Waals surface area contributed by atoms with Crippen LogP contribution in [0.15, 0.2) is 41.3 Å². The first-order valence-electron chi connectivity index (χ1n) is 11.2. The third-order valence-corrected chi connectivity index (χ3v) is 9.05. The maximum absolute atomic E-state index is 13.5. The molecular formula is C25H26ClNO3S. The summed E-state index contributed by atoms with van der Waals surface area (Å²) in [5, 5.41) is 4.00. The summed E-state index contributed by atoms with van der Waals surface area (Å²) in [7, 11) is 0. The average Bonchev–Trinajstić information content (AvgIpc) is 3.19. The third kappa shape index (κ3) is 3.60. The van der Waals surface area contributed by atoms with E-state index in [0.29, 0.717) is 16.5 Å². The van der Waals surface area contributed by atoms with E-state index in [1.807, 2.05) is 30.3 Å². The van der Waals surface area contributed by atoms with Crippen molar-refractivity contribution in [1.29, 1.82) is 0 Å². The normalized spacial score (nSPS) is 29.9. The SMILES string of the molecule is O=C(Nc1ccccc1SCc1cc2c(cc1Cl)OCO2)C12CC3CC(CC(C3)C1)C2. The van der Waals surface area contributed by atoms with Crippen LogP contribution in [-0.4, -0.2) is 12.7 Å². The first-order valence-corrected chi connectivity index (χ1v) is 12.6. The van der Waals surface area contributed by atoms with E-state index in [1.54, 1.807) is 11.8 Å². The molecule has 1 amide bonds. The van der Waals surface area contributed by atoms with E-state index >= 15 is 0 Å². The molecule has 0 aromatic heterocycles. The number of hydrogen-bond acceptors (Lipinski definition) is 4. The highest BCUT2D eigenvalue weighted by Gasteiger charge is 2.54. The standard InChI is InChI=1S/C25H26ClNO3S/c26-19-9-22-21(29-14-30-22)8-18(19)13-31-23-4-2-1-3-20(23)27-24(28)25-10-15-5-16(11-25)7-17(6-15)12-25/h1-4,8-9,15-17H,5-7,10-14H2,(H,27,28). The van der Waals surface area contributed by atoms with Gasteiger partial charge < -0.3 is 14.8 Å². The van der Waals surface area contributed by atoms with Crippen molar-refractivity contribution in [3.63, 3.8) is 0 Å². The molecule has 4 saturated carbocycles. The average molecular weight is 456 g/mol. The largest absolute Gasteiger partial charge is 0.454 e. The Morgan fingerprint density at radius 1 is 1.03 bits per heavy atom. The molecule has 0 radical (unpaired) electrons. The molecule has 1 N–H and O–H groups in total. The third-order valence-electron chi connectivity index (χ3n) is 7.58. The number of thioether (sulfide) groups is 1. The molecule has 4 aliphatic carbocycles. The minimum atomic E-state index is -0.146. The molecule has 4 fully saturated rings. The highest BCUT2D eigenvalue weighted by Crippen LogP contribution is 2.60. The zero-order valence-corrected chi connectivity index (χ0v) is 18.9. The number of ether oxygens (including phenoxy) is 2. The lowest BCUT2D eigenvalue weighted by Crippen LogP contribution is -2.51. The summed E-state index contributed by atoms with van der Waals surface area (Å²) in [6.07, 6.45) is 7.26. The number of fused-ring (bicyclic) bond motifs is 1. The van der Waals surface area contributed by atoms with Crippen molar-refractivity contribution in [3.8, 4) is 11.5 Å². The fourth-order valence-electron chi connectivity index (χ4n) is 6.56. The molecule has 4 bridgehead atoms. The molecule has 6 heteroatoms. The van der Waals surface area contributed by atoms with Gasteiger partial charge in [0.1, 0.15) is 0 Å². The van der Waals surface area contributed by atoms with Crippen LogP contribution in [-0.2, 0) is 10.5 Å². The second-order valence-corrected chi connectivity index (χ2v) is 11.2. The molecule has 7 rings (SSSR count). The number of nitrogens with one attached hydrogen (secondary N) is 1. The molecule has 0 unspecified atom stereocenters. The van der Waals surface area contributed by atoms with Gasteiger partial charge in [0.2, 0.25) is 12.7 Å². The Labute approximate surface area is 192 Å². The summed E-state index contributed by atoms with van der Waals surface area (Å²) in [6, 6.07) is 11.9. The van der Waals surface area contributed by atoms with Crippen LogP contribution in [0.1, 0.15) is 44.1 Å². The van der Waals surface area contributed by atoms with E-state index in [1.165, 1.54) is 19.3 Å². The molecule has 0 saturated heterocycles. The number of benzene rings is 2. The Morgan fingerprint density at radius 2 is 1.68 bits per heavy atom. The highest BCUT2D eigenvalue weighted by atomic mass is 35.5. The van der Waals surface area contributed by atoms with Gasteiger partial charge >= 0.3 is 0 Å². The number of hydrogen-bond donors (Lipinski definition) is 1. The zero-order chi connectivity index (χ0) is 21.0. The smallest absolute Gasteiger partial charge is 0.231 e. The van der Waals surface area contributed by atoms with Crippen molar-refractivity contribution >= 4 is 35.0 Å². The van der Waals surface area contributed by atoms with E-state index in [4.69, 9.17) is 21.1 Å². The van der Waals surface area contributed by atoms with Gasteiger partial charge in [0.15, 0.2) is 11.5 Å². The number of anilines is 1. The predicted molar refractivity (Wildman–Crippen MR) is 123 cm³/mol. The second kappa shape index (κ2) is 7.63. The highest BCUT2D eigenvalue weighted by molar-refractivity contribution is 7.98. The van der Waals surface area contributed by atoms with Crippen molar-refractivity contribution in [2.45, 2.75) is 49.2 Å². The lowest BCUT2D eigenvalue weighted by atomic mass is 9.49. The van der Waals surface area contributed by atoms with Gasteiger partial charge in [-0.1, -0.05) is 23.7 Å². The minimum absolute atomic E-state index is 0.146. The van der Waals surface area contributed by atoms with Gasteiger partial charge in [-0.3, -0.25) is 4.79 Å². The van der Waals surface area contributed by atoms with Gasteiger partial charge in [0.25, 0.3) is 0 Å². The van der Waals surface area contributed by atoms with Crippen LogP contribution < -0.4 is 14.8 Å². The Kier molecular flexibility index (Phi) is 4.87. The number of carbonyl (C=O) groups excluding carboxylic acids is 1. The molecule has 31 heavy (non-hydrogen) atoms. The van der Waals surface area contributed by atoms with Crippen molar-refractivity contribution < 1.29 is 14.3 Å². The minimum Gasteiger partial charge on any atom is -0.454 e. The summed E-state index contributed by atoms with van der Waals surface area (Å²) in [5.74, 6) is 4.64. The Hall–Kier alpha value is -1.85. The predicted octanol–water partition coefficient (Wildman–Crippen LogP) is 6.52. The summed E-state index contributed by atoms with van der Waals surface area (Å²) in [5.41, 5.74) is 1.76. The Morgan fingerprint density at radius 3 is 2.39 bits per heavy atom. The van der Waals surface area contributed by atoms with Crippen LogP contribution in [0.4, 0.5) is 5.69 Å². The number of halogens is 1. The van der Waals surface area contributed by atoms with Crippen LogP contribution in [0.3, 0.4) is 0 Å². The molecule has 162 valence electrons. The summed E-state index contributed by atoms with van der Waals surface area (Å²) in [4.78, 5) is 14.6. The molecule has 4 nitrogen and oxygen atoms in total. The molecular weight excluding hydrogens is 430 g/mol. The van der Waals surface area contributed by atoms with E-state index < -0.39 is 0 Å². The van der Waals surface area contributed by atoms with Crippen LogP contribution in [0.5, 0.6) is 11.5 Å². The first kappa shape index (κ1) is 19.8. The number of amides is 1. The number of rotatable bonds is 5. The van der Waals surface area contributed by atoms with Crippen molar-refractivity contribution in [2.24, 2.45) is 23.2 Å². The summed E-state index contributed by atoms with van der Waals surface area (Å²) >= 11 is 8.14. The molecule has 2 aromatic carbocycles.